The van der Waals surface area contributed by atoms with Crippen LogP contribution in [0.2, 0.25) is 0 Å². The number of nitrogens with two attached hydrogens (primary N) is 1. The molecule has 4 nitrogen and oxygen atoms in total. The predicted octanol–water partition coefficient (Wildman–Crippen LogP) is 1.10. The van der Waals surface area contributed by atoms with Crippen LogP contribution < -0.4 is 11.1 Å². The van der Waals surface area contributed by atoms with Gasteiger partial charge in [-0.1, -0.05) is 13.8 Å². The van der Waals surface area contributed by atoms with Gasteiger partial charge in [0.1, 0.15) is 0 Å². The number of rotatable bonds is 6. The van der Waals surface area contributed by atoms with Crippen LogP contribution in [0, 0.1) is 0 Å². The predicted molar refractivity (Wildman–Crippen MR) is 70.8 cm³/mol. The summed E-state index contributed by atoms with van der Waals surface area (Å²) in [7, 11) is 2.13. The molecule has 0 aliphatic heterocycles. The lowest BCUT2D eigenvalue weighted by molar-refractivity contribution is -0.126. The number of carbonyl (C=O) groups is 1. The highest BCUT2D eigenvalue weighted by atomic mass is 16.1. The van der Waals surface area contributed by atoms with Gasteiger partial charge in [0.25, 0.3) is 0 Å². The van der Waals surface area contributed by atoms with Crippen molar-refractivity contribution in [1.82, 2.24) is 10.2 Å². The van der Waals surface area contributed by atoms with Crippen molar-refractivity contribution in [2.45, 2.75) is 57.5 Å². The minimum absolute atomic E-state index is 0.180. The number of carbonyl (C=O) groups excluding carboxylic acids is 1. The minimum atomic E-state index is -0.470. The Bertz CT molecular complexity index is 257. The molecule has 17 heavy (non-hydrogen) atoms. The number of amides is 1. The molecule has 0 spiro atoms. The summed E-state index contributed by atoms with van der Waals surface area (Å²) >= 11 is 0. The molecular formula is C13H27N3O. The second-order valence-corrected chi connectivity index (χ2v) is 5.20. The van der Waals surface area contributed by atoms with Crippen molar-refractivity contribution in [2.75, 3.05) is 20.1 Å². The van der Waals surface area contributed by atoms with Gasteiger partial charge < -0.3 is 16.0 Å². The van der Waals surface area contributed by atoms with E-state index in [1.54, 1.807) is 0 Å². The Balaban J connectivity index is 2.72. The monoisotopic (exact) mass is 241 g/mol. The van der Waals surface area contributed by atoms with E-state index >= 15 is 0 Å². The van der Waals surface area contributed by atoms with E-state index < -0.39 is 5.54 Å². The maximum Gasteiger partial charge on any atom is 0.237 e. The fourth-order valence-corrected chi connectivity index (χ4v) is 2.72. The van der Waals surface area contributed by atoms with Gasteiger partial charge in [0.2, 0.25) is 5.91 Å². The molecule has 3 N–H and O–H groups in total. The zero-order valence-electron chi connectivity index (χ0n) is 11.5. The molecule has 1 aliphatic carbocycles. The molecule has 0 saturated heterocycles. The number of hydrogen-bond donors (Lipinski definition) is 2. The summed E-state index contributed by atoms with van der Waals surface area (Å²) in [5, 5.41) is 3.39. The first-order valence-corrected chi connectivity index (χ1v) is 6.81. The molecule has 2 unspecified atom stereocenters. The summed E-state index contributed by atoms with van der Waals surface area (Å²) in [6.45, 7) is 6.15. The molecule has 0 bridgehead atoms. The second-order valence-electron chi connectivity index (χ2n) is 5.20. The molecule has 1 amide bonds. The third kappa shape index (κ3) is 3.42. The fraction of sp³-hybridized carbons (Fsp3) is 0.923. The fourth-order valence-electron chi connectivity index (χ4n) is 2.72. The van der Waals surface area contributed by atoms with Crippen molar-refractivity contribution in [2.24, 2.45) is 5.73 Å². The average Bonchev–Trinajstić information content (AvgIpc) is 2.35. The molecule has 1 saturated carbocycles. The Labute approximate surface area is 105 Å². The summed E-state index contributed by atoms with van der Waals surface area (Å²) in [5.41, 5.74) is 5.16. The van der Waals surface area contributed by atoms with Crippen molar-refractivity contribution >= 4 is 5.91 Å². The zero-order valence-corrected chi connectivity index (χ0v) is 11.5. The second kappa shape index (κ2) is 6.36. The lowest BCUT2D eigenvalue weighted by Gasteiger charge is -2.42. The Morgan fingerprint density at radius 3 is 2.76 bits per heavy atom. The van der Waals surface area contributed by atoms with E-state index in [1.165, 1.54) is 6.42 Å². The lowest BCUT2D eigenvalue weighted by Crippen LogP contribution is -2.60. The highest BCUT2D eigenvalue weighted by Gasteiger charge is 2.41. The van der Waals surface area contributed by atoms with E-state index in [0.717, 1.165) is 38.8 Å². The van der Waals surface area contributed by atoms with Crippen molar-refractivity contribution in [3.63, 3.8) is 0 Å². The molecule has 100 valence electrons. The Morgan fingerprint density at radius 2 is 2.24 bits per heavy atom. The summed E-state index contributed by atoms with van der Waals surface area (Å²) in [5.74, 6) is -0.180. The molecule has 0 radical (unpaired) electrons. The highest BCUT2D eigenvalue weighted by Crippen LogP contribution is 2.30. The largest absolute Gasteiger partial charge is 0.368 e. The van der Waals surface area contributed by atoms with Crippen LogP contribution in [-0.4, -0.2) is 42.5 Å². The van der Waals surface area contributed by atoms with Gasteiger partial charge in [-0.2, -0.15) is 0 Å². The van der Waals surface area contributed by atoms with Crippen molar-refractivity contribution in [3.05, 3.63) is 0 Å². The molecular weight excluding hydrogens is 214 g/mol. The highest BCUT2D eigenvalue weighted by molar-refractivity contribution is 5.84. The van der Waals surface area contributed by atoms with Crippen LogP contribution in [-0.2, 0) is 4.79 Å². The first-order valence-electron chi connectivity index (χ1n) is 6.81. The van der Waals surface area contributed by atoms with Crippen LogP contribution in [0.25, 0.3) is 0 Å². The van der Waals surface area contributed by atoms with Crippen LogP contribution in [0.15, 0.2) is 0 Å². The molecule has 0 aromatic carbocycles. The lowest BCUT2D eigenvalue weighted by atomic mass is 9.77. The van der Waals surface area contributed by atoms with Gasteiger partial charge in [-0.15, -0.1) is 0 Å². The van der Waals surface area contributed by atoms with Crippen molar-refractivity contribution < 1.29 is 4.79 Å². The quantitative estimate of drug-likeness (QED) is 0.732. The molecule has 1 rings (SSSR count). The molecule has 4 heteroatoms. The summed E-state index contributed by atoms with van der Waals surface area (Å²) < 4.78 is 0. The molecule has 2 atom stereocenters. The topological polar surface area (TPSA) is 58.4 Å². The van der Waals surface area contributed by atoms with Crippen LogP contribution in [0.3, 0.4) is 0 Å². The number of nitrogens with zero attached hydrogens (tertiary/aromatic N) is 1. The standard InChI is InChI=1S/C13H27N3O/c1-4-9-15-13(12(14)17)8-6-7-11(10-13)16(3)5-2/h11,15H,4-10H2,1-3H3,(H2,14,17). The van der Waals surface area contributed by atoms with Crippen LogP contribution in [0.5, 0.6) is 0 Å². The Hall–Kier alpha value is -0.610. The van der Waals surface area contributed by atoms with Crippen LogP contribution in [0.1, 0.15) is 46.0 Å². The number of nitrogens with one attached hydrogen (secondary N) is 1. The Morgan fingerprint density at radius 1 is 1.53 bits per heavy atom. The maximum absolute atomic E-state index is 11.8. The van der Waals surface area contributed by atoms with E-state index in [2.05, 4.69) is 31.1 Å². The van der Waals surface area contributed by atoms with Gasteiger partial charge in [-0.25, -0.2) is 0 Å². The van der Waals surface area contributed by atoms with Crippen LogP contribution in [0.4, 0.5) is 0 Å². The molecule has 0 aromatic rings. The summed E-state index contributed by atoms with van der Waals surface area (Å²) in [6.07, 6.45) is 5.02. The van der Waals surface area contributed by atoms with Gasteiger partial charge >= 0.3 is 0 Å². The number of primary amides is 1. The van der Waals surface area contributed by atoms with Gasteiger partial charge in [0.05, 0.1) is 5.54 Å². The van der Waals surface area contributed by atoms with E-state index in [4.69, 9.17) is 5.73 Å². The smallest absolute Gasteiger partial charge is 0.237 e. The van der Waals surface area contributed by atoms with Gasteiger partial charge in [-0.3, -0.25) is 4.79 Å². The van der Waals surface area contributed by atoms with E-state index in [0.29, 0.717) is 6.04 Å². The third-order valence-electron chi connectivity index (χ3n) is 4.03. The normalized spacial score (nSPS) is 29.5. The average molecular weight is 241 g/mol. The Kier molecular flexibility index (Phi) is 5.40. The minimum Gasteiger partial charge on any atom is -0.368 e. The third-order valence-corrected chi connectivity index (χ3v) is 4.03. The van der Waals surface area contributed by atoms with Gasteiger partial charge in [-0.05, 0) is 52.2 Å². The molecule has 1 fully saturated rings. The maximum atomic E-state index is 11.8. The SMILES string of the molecule is CCCNC1(C(N)=O)CCCC(N(C)CC)C1. The summed E-state index contributed by atoms with van der Waals surface area (Å²) in [6, 6.07) is 0.477. The van der Waals surface area contributed by atoms with Crippen LogP contribution >= 0.6 is 0 Å². The molecule has 1 aliphatic rings. The molecule has 0 aromatic heterocycles. The van der Waals surface area contributed by atoms with E-state index in [1.807, 2.05) is 0 Å². The van der Waals surface area contributed by atoms with Crippen molar-refractivity contribution in [3.8, 4) is 0 Å². The van der Waals surface area contributed by atoms with Gasteiger partial charge in [0.15, 0.2) is 0 Å². The van der Waals surface area contributed by atoms with E-state index in [-0.39, 0.29) is 5.91 Å². The van der Waals surface area contributed by atoms with E-state index in [9.17, 15) is 4.79 Å². The molecule has 0 heterocycles. The van der Waals surface area contributed by atoms with Gasteiger partial charge in [0, 0.05) is 6.04 Å². The summed E-state index contributed by atoms with van der Waals surface area (Å²) in [4.78, 5) is 14.1. The first kappa shape index (κ1) is 14.5. The zero-order chi connectivity index (χ0) is 12.9. The number of hydrogen-bond acceptors (Lipinski definition) is 3. The first-order chi connectivity index (χ1) is 8.05. The van der Waals surface area contributed by atoms with Crippen molar-refractivity contribution in [1.29, 1.82) is 0 Å².